The number of hydrogen-bond donors (Lipinski definition) is 1. The van der Waals surface area contributed by atoms with Gasteiger partial charge in [-0.3, -0.25) is 0 Å². The fourth-order valence-electron chi connectivity index (χ4n) is 3.08. The molecule has 0 saturated carbocycles. The van der Waals surface area contributed by atoms with Crippen LogP contribution in [0.5, 0.6) is 5.75 Å². The molecule has 1 saturated heterocycles. The predicted octanol–water partition coefficient (Wildman–Crippen LogP) is 5.11. The van der Waals surface area contributed by atoms with Crippen molar-refractivity contribution >= 4 is 23.3 Å². The number of nitrogens with one attached hydrogen (secondary N) is 1. The van der Waals surface area contributed by atoms with Crippen molar-refractivity contribution in [1.82, 2.24) is 4.90 Å². The molecule has 2 amide bonds. The highest BCUT2D eigenvalue weighted by Gasteiger charge is 2.30. The standard InChI is InChI=1S/C19H21ClN2O2/c1-2-24-18-8-4-3-6-16(18)21-19(23)22-13-5-7-17(22)14-9-11-15(20)12-10-14/h3-4,6,8-12,17H,2,5,7,13H2,1H3,(H,21,23)/t17-/m1/s1. The molecule has 1 fully saturated rings. The normalized spacial score (nSPS) is 16.9. The first-order valence-electron chi connectivity index (χ1n) is 8.24. The zero-order chi connectivity index (χ0) is 16.9. The lowest BCUT2D eigenvalue weighted by atomic mass is 10.1. The molecule has 5 heteroatoms. The lowest BCUT2D eigenvalue weighted by Gasteiger charge is -2.26. The topological polar surface area (TPSA) is 41.6 Å². The maximum absolute atomic E-state index is 12.8. The Bertz CT molecular complexity index is 703. The molecule has 1 heterocycles. The molecule has 0 unspecified atom stereocenters. The van der Waals surface area contributed by atoms with E-state index >= 15 is 0 Å². The van der Waals surface area contributed by atoms with Gasteiger partial charge in [-0.1, -0.05) is 35.9 Å². The Hall–Kier alpha value is -2.20. The van der Waals surface area contributed by atoms with E-state index in [0.29, 0.717) is 23.1 Å². The number of anilines is 1. The largest absolute Gasteiger partial charge is 0.492 e. The van der Waals surface area contributed by atoms with Crippen LogP contribution in [0.2, 0.25) is 5.02 Å². The van der Waals surface area contributed by atoms with Gasteiger partial charge in [0.05, 0.1) is 18.3 Å². The molecular weight excluding hydrogens is 324 g/mol. The van der Waals surface area contributed by atoms with Gasteiger partial charge in [-0.15, -0.1) is 0 Å². The van der Waals surface area contributed by atoms with Gasteiger partial charge >= 0.3 is 6.03 Å². The lowest BCUT2D eigenvalue weighted by Crippen LogP contribution is -2.34. The van der Waals surface area contributed by atoms with E-state index in [-0.39, 0.29) is 12.1 Å². The number of nitrogens with zero attached hydrogens (tertiary/aromatic N) is 1. The molecule has 2 aromatic carbocycles. The average molecular weight is 345 g/mol. The van der Waals surface area contributed by atoms with Gasteiger partial charge in [-0.2, -0.15) is 0 Å². The first-order chi connectivity index (χ1) is 11.7. The molecular formula is C19H21ClN2O2. The van der Waals surface area contributed by atoms with Gasteiger partial charge in [0, 0.05) is 11.6 Å². The van der Waals surface area contributed by atoms with Crippen molar-refractivity contribution in [2.45, 2.75) is 25.8 Å². The Morgan fingerprint density at radius 3 is 2.75 bits per heavy atom. The summed E-state index contributed by atoms with van der Waals surface area (Å²) in [6.45, 7) is 3.23. The summed E-state index contributed by atoms with van der Waals surface area (Å²) in [6, 6.07) is 15.2. The van der Waals surface area contributed by atoms with E-state index < -0.39 is 0 Å². The molecule has 24 heavy (non-hydrogen) atoms. The molecule has 0 aliphatic carbocycles. The molecule has 126 valence electrons. The second kappa shape index (κ2) is 7.58. The SMILES string of the molecule is CCOc1ccccc1NC(=O)N1CCC[C@@H]1c1ccc(Cl)cc1. The van der Waals surface area contributed by atoms with Gasteiger partial charge in [-0.25, -0.2) is 4.79 Å². The van der Waals surface area contributed by atoms with E-state index in [9.17, 15) is 4.79 Å². The van der Waals surface area contributed by atoms with Gasteiger partial charge in [0.25, 0.3) is 0 Å². The summed E-state index contributed by atoms with van der Waals surface area (Å²) < 4.78 is 5.58. The van der Waals surface area contributed by atoms with Crippen LogP contribution in [0.15, 0.2) is 48.5 Å². The Labute approximate surface area is 147 Å². The molecule has 0 aromatic heterocycles. The molecule has 1 atom stereocenters. The van der Waals surface area contributed by atoms with Crippen LogP contribution in [0.4, 0.5) is 10.5 Å². The predicted molar refractivity (Wildman–Crippen MR) is 96.8 cm³/mol. The third-order valence-corrected chi connectivity index (χ3v) is 4.45. The summed E-state index contributed by atoms with van der Waals surface area (Å²) in [4.78, 5) is 14.6. The van der Waals surface area contributed by atoms with E-state index in [1.54, 1.807) is 0 Å². The van der Waals surface area contributed by atoms with Gasteiger partial charge in [0.15, 0.2) is 0 Å². The third kappa shape index (κ3) is 3.65. The number of halogens is 1. The Morgan fingerprint density at radius 1 is 1.25 bits per heavy atom. The van der Waals surface area contributed by atoms with Crippen LogP contribution in [-0.4, -0.2) is 24.1 Å². The van der Waals surface area contributed by atoms with Crippen molar-refractivity contribution in [3.05, 3.63) is 59.1 Å². The van der Waals surface area contributed by atoms with Crippen molar-refractivity contribution < 1.29 is 9.53 Å². The van der Waals surface area contributed by atoms with E-state index in [1.165, 1.54) is 0 Å². The zero-order valence-corrected chi connectivity index (χ0v) is 14.4. The van der Waals surface area contributed by atoms with E-state index in [2.05, 4.69) is 5.32 Å². The van der Waals surface area contributed by atoms with Crippen LogP contribution in [-0.2, 0) is 0 Å². The molecule has 1 aliphatic rings. The Balaban J connectivity index is 1.75. The summed E-state index contributed by atoms with van der Waals surface area (Å²) in [5.74, 6) is 0.690. The summed E-state index contributed by atoms with van der Waals surface area (Å²) in [7, 11) is 0. The number of likely N-dealkylation sites (tertiary alicyclic amines) is 1. The summed E-state index contributed by atoms with van der Waals surface area (Å²) in [5.41, 5.74) is 1.82. The number of hydrogen-bond acceptors (Lipinski definition) is 2. The minimum absolute atomic E-state index is 0.0847. The molecule has 0 spiro atoms. The minimum atomic E-state index is -0.0976. The lowest BCUT2D eigenvalue weighted by molar-refractivity contribution is 0.207. The molecule has 1 N–H and O–H groups in total. The highest BCUT2D eigenvalue weighted by molar-refractivity contribution is 6.30. The van der Waals surface area contributed by atoms with E-state index in [1.807, 2.05) is 60.4 Å². The van der Waals surface area contributed by atoms with Crippen molar-refractivity contribution in [2.75, 3.05) is 18.5 Å². The number of amides is 2. The number of rotatable bonds is 4. The summed E-state index contributed by atoms with van der Waals surface area (Å²) in [5, 5.41) is 3.69. The number of para-hydroxylation sites is 2. The van der Waals surface area contributed by atoms with Crippen molar-refractivity contribution in [3.8, 4) is 5.75 Å². The van der Waals surface area contributed by atoms with Gasteiger partial charge in [-0.05, 0) is 49.6 Å². The van der Waals surface area contributed by atoms with Crippen LogP contribution < -0.4 is 10.1 Å². The van der Waals surface area contributed by atoms with Crippen LogP contribution >= 0.6 is 11.6 Å². The molecule has 0 radical (unpaired) electrons. The quantitative estimate of drug-likeness (QED) is 0.837. The second-order valence-corrected chi connectivity index (χ2v) is 6.20. The summed E-state index contributed by atoms with van der Waals surface area (Å²) >= 11 is 5.96. The number of benzene rings is 2. The summed E-state index contributed by atoms with van der Waals surface area (Å²) in [6.07, 6.45) is 1.95. The highest BCUT2D eigenvalue weighted by Crippen LogP contribution is 2.33. The van der Waals surface area contributed by atoms with E-state index in [0.717, 1.165) is 24.9 Å². The minimum Gasteiger partial charge on any atom is -0.492 e. The fourth-order valence-corrected chi connectivity index (χ4v) is 3.21. The first kappa shape index (κ1) is 16.7. The van der Waals surface area contributed by atoms with Gasteiger partial charge in [0.2, 0.25) is 0 Å². The number of urea groups is 1. The zero-order valence-electron chi connectivity index (χ0n) is 13.7. The smallest absolute Gasteiger partial charge is 0.322 e. The highest BCUT2D eigenvalue weighted by atomic mass is 35.5. The average Bonchev–Trinajstić information content (AvgIpc) is 3.07. The van der Waals surface area contributed by atoms with Crippen molar-refractivity contribution in [3.63, 3.8) is 0 Å². The number of ether oxygens (including phenoxy) is 1. The maximum Gasteiger partial charge on any atom is 0.322 e. The first-order valence-corrected chi connectivity index (χ1v) is 8.61. The van der Waals surface area contributed by atoms with Crippen molar-refractivity contribution in [1.29, 1.82) is 0 Å². The van der Waals surface area contributed by atoms with Crippen molar-refractivity contribution in [2.24, 2.45) is 0 Å². The molecule has 1 aliphatic heterocycles. The monoisotopic (exact) mass is 344 g/mol. The molecule has 0 bridgehead atoms. The molecule has 2 aromatic rings. The Morgan fingerprint density at radius 2 is 2.00 bits per heavy atom. The van der Waals surface area contributed by atoms with E-state index in [4.69, 9.17) is 16.3 Å². The maximum atomic E-state index is 12.8. The van der Waals surface area contributed by atoms with Crippen LogP contribution in [0, 0.1) is 0 Å². The van der Waals surface area contributed by atoms with Crippen LogP contribution in [0.3, 0.4) is 0 Å². The number of carbonyl (C=O) groups excluding carboxylic acids is 1. The van der Waals surface area contributed by atoms with Gasteiger partial charge in [0.1, 0.15) is 5.75 Å². The number of carbonyl (C=O) groups is 1. The van der Waals surface area contributed by atoms with Crippen LogP contribution in [0.1, 0.15) is 31.4 Å². The molecule has 4 nitrogen and oxygen atoms in total. The van der Waals surface area contributed by atoms with Crippen LogP contribution in [0.25, 0.3) is 0 Å². The van der Waals surface area contributed by atoms with Gasteiger partial charge < -0.3 is 15.0 Å². The molecule has 3 rings (SSSR count). The second-order valence-electron chi connectivity index (χ2n) is 5.76. The fraction of sp³-hybridized carbons (Fsp3) is 0.316. The third-order valence-electron chi connectivity index (χ3n) is 4.20. The Kier molecular flexibility index (Phi) is 5.26.